The molecule has 1 aliphatic rings. The summed E-state index contributed by atoms with van der Waals surface area (Å²) in [6, 6.07) is 0.614. The predicted molar refractivity (Wildman–Crippen MR) is 60.8 cm³/mol. The van der Waals surface area contributed by atoms with Gasteiger partial charge >= 0.3 is 0 Å². The first-order valence-electron chi connectivity index (χ1n) is 5.24. The van der Waals surface area contributed by atoms with Gasteiger partial charge in [-0.2, -0.15) is 0 Å². The van der Waals surface area contributed by atoms with Gasteiger partial charge < -0.3 is 10.6 Å². The van der Waals surface area contributed by atoms with Crippen molar-refractivity contribution in [2.75, 3.05) is 7.05 Å². The zero-order valence-electron chi connectivity index (χ0n) is 8.60. The third kappa shape index (κ3) is 3.51. The molecule has 1 saturated carbocycles. The van der Waals surface area contributed by atoms with Crippen molar-refractivity contribution in [2.24, 2.45) is 5.92 Å². The maximum Gasteiger partial charge on any atom is 0.166 e. The second-order valence-electron chi connectivity index (χ2n) is 3.85. The molecule has 0 aromatic carbocycles. The summed E-state index contributed by atoms with van der Waals surface area (Å²) in [6.07, 6.45) is 6.62. The largest absolute Gasteiger partial charge is 0.366 e. The fourth-order valence-electron chi connectivity index (χ4n) is 1.97. The molecule has 0 spiro atoms. The molecule has 0 heterocycles. The Balaban J connectivity index is 2.21. The van der Waals surface area contributed by atoms with Crippen LogP contribution in [-0.4, -0.2) is 18.2 Å². The predicted octanol–water partition coefficient (Wildman–Crippen LogP) is 2.05. The molecule has 0 unspecified atom stereocenters. The van der Waals surface area contributed by atoms with Crippen LogP contribution in [0.3, 0.4) is 0 Å². The highest BCUT2D eigenvalue weighted by molar-refractivity contribution is 7.80. The third-order valence-electron chi connectivity index (χ3n) is 2.99. The molecule has 3 heteroatoms. The molecular formula is C10H20N2S. The van der Waals surface area contributed by atoms with Gasteiger partial charge in [-0.3, -0.25) is 0 Å². The van der Waals surface area contributed by atoms with Crippen LogP contribution in [0.2, 0.25) is 0 Å². The molecular weight excluding hydrogens is 180 g/mol. The van der Waals surface area contributed by atoms with E-state index in [0.29, 0.717) is 6.04 Å². The van der Waals surface area contributed by atoms with Crippen molar-refractivity contribution in [3.8, 4) is 0 Å². The van der Waals surface area contributed by atoms with Gasteiger partial charge in [0, 0.05) is 13.1 Å². The molecule has 0 aromatic heterocycles. The van der Waals surface area contributed by atoms with Gasteiger partial charge in [0.15, 0.2) is 5.11 Å². The van der Waals surface area contributed by atoms with Crippen LogP contribution in [0.25, 0.3) is 0 Å². The summed E-state index contributed by atoms with van der Waals surface area (Å²) < 4.78 is 0. The van der Waals surface area contributed by atoms with E-state index in [-0.39, 0.29) is 0 Å². The molecule has 76 valence electrons. The summed E-state index contributed by atoms with van der Waals surface area (Å²) in [5.41, 5.74) is 0. The van der Waals surface area contributed by atoms with Gasteiger partial charge in [-0.05, 0) is 43.8 Å². The maximum absolute atomic E-state index is 5.07. The van der Waals surface area contributed by atoms with Crippen molar-refractivity contribution in [2.45, 2.75) is 45.1 Å². The van der Waals surface area contributed by atoms with Crippen LogP contribution in [0.15, 0.2) is 0 Å². The van der Waals surface area contributed by atoms with Gasteiger partial charge in [-0.25, -0.2) is 0 Å². The van der Waals surface area contributed by atoms with Gasteiger partial charge in [0.1, 0.15) is 0 Å². The third-order valence-corrected chi connectivity index (χ3v) is 3.31. The lowest BCUT2D eigenvalue weighted by Crippen LogP contribution is -2.42. The number of hydrogen-bond donors (Lipinski definition) is 2. The molecule has 2 nitrogen and oxygen atoms in total. The average molecular weight is 200 g/mol. The lowest BCUT2D eigenvalue weighted by molar-refractivity contribution is 0.305. The van der Waals surface area contributed by atoms with E-state index in [1.807, 2.05) is 7.05 Å². The number of nitrogens with one attached hydrogen (secondary N) is 2. The maximum atomic E-state index is 5.07. The monoisotopic (exact) mass is 200 g/mol. The van der Waals surface area contributed by atoms with Crippen molar-refractivity contribution in [1.29, 1.82) is 0 Å². The molecule has 1 rings (SSSR count). The van der Waals surface area contributed by atoms with Gasteiger partial charge in [0.25, 0.3) is 0 Å². The van der Waals surface area contributed by atoms with Crippen LogP contribution in [-0.2, 0) is 0 Å². The minimum atomic E-state index is 0.614. The first-order valence-corrected chi connectivity index (χ1v) is 5.65. The van der Waals surface area contributed by atoms with E-state index in [2.05, 4.69) is 17.6 Å². The van der Waals surface area contributed by atoms with Crippen LogP contribution < -0.4 is 10.6 Å². The van der Waals surface area contributed by atoms with Crippen molar-refractivity contribution in [3.05, 3.63) is 0 Å². The van der Waals surface area contributed by atoms with Gasteiger partial charge in [-0.1, -0.05) is 13.3 Å². The van der Waals surface area contributed by atoms with Gasteiger partial charge in [0.2, 0.25) is 0 Å². The van der Waals surface area contributed by atoms with E-state index in [4.69, 9.17) is 12.2 Å². The Morgan fingerprint density at radius 2 is 1.92 bits per heavy atom. The van der Waals surface area contributed by atoms with Crippen LogP contribution in [0.5, 0.6) is 0 Å². The van der Waals surface area contributed by atoms with Crippen molar-refractivity contribution < 1.29 is 0 Å². The Labute approximate surface area is 86.5 Å². The van der Waals surface area contributed by atoms with Crippen LogP contribution >= 0.6 is 12.2 Å². The van der Waals surface area contributed by atoms with Crippen LogP contribution in [0.4, 0.5) is 0 Å². The van der Waals surface area contributed by atoms with Crippen molar-refractivity contribution in [1.82, 2.24) is 10.6 Å². The fraction of sp³-hybridized carbons (Fsp3) is 0.900. The Morgan fingerprint density at radius 3 is 2.38 bits per heavy atom. The normalized spacial score (nSPS) is 28.2. The highest BCUT2D eigenvalue weighted by Crippen LogP contribution is 2.26. The first-order chi connectivity index (χ1) is 6.26. The molecule has 13 heavy (non-hydrogen) atoms. The highest BCUT2D eigenvalue weighted by atomic mass is 32.1. The Hall–Kier alpha value is -0.310. The molecule has 1 fully saturated rings. The number of thiocarbonyl (C=S) groups is 1. The fourth-order valence-corrected chi connectivity index (χ4v) is 2.14. The second kappa shape index (κ2) is 5.43. The molecule has 1 aliphatic carbocycles. The minimum Gasteiger partial charge on any atom is -0.366 e. The van der Waals surface area contributed by atoms with E-state index >= 15 is 0 Å². The van der Waals surface area contributed by atoms with Crippen LogP contribution in [0.1, 0.15) is 39.0 Å². The highest BCUT2D eigenvalue weighted by Gasteiger charge is 2.19. The Morgan fingerprint density at radius 1 is 1.31 bits per heavy atom. The lowest BCUT2D eigenvalue weighted by Gasteiger charge is -2.29. The topological polar surface area (TPSA) is 24.1 Å². The average Bonchev–Trinajstić information content (AvgIpc) is 2.19. The zero-order chi connectivity index (χ0) is 9.68. The first kappa shape index (κ1) is 10.8. The molecule has 0 atom stereocenters. The molecule has 0 radical (unpaired) electrons. The lowest BCUT2D eigenvalue weighted by atomic mass is 9.85. The summed E-state index contributed by atoms with van der Waals surface area (Å²) in [5, 5.41) is 7.08. The van der Waals surface area contributed by atoms with Crippen molar-refractivity contribution >= 4 is 17.3 Å². The molecule has 0 bridgehead atoms. The van der Waals surface area contributed by atoms with Crippen LogP contribution in [0, 0.1) is 5.92 Å². The van der Waals surface area contributed by atoms with Gasteiger partial charge in [-0.15, -0.1) is 0 Å². The summed E-state index contributed by atoms with van der Waals surface area (Å²) in [4.78, 5) is 0. The summed E-state index contributed by atoms with van der Waals surface area (Å²) in [6.45, 7) is 2.29. The number of rotatable bonds is 2. The zero-order valence-corrected chi connectivity index (χ0v) is 9.41. The SMILES string of the molecule is CCC1CCC(NC(=S)NC)CC1. The smallest absolute Gasteiger partial charge is 0.166 e. The summed E-state index contributed by atoms with van der Waals surface area (Å²) in [5.74, 6) is 0.959. The van der Waals surface area contributed by atoms with E-state index in [0.717, 1.165) is 11.0 Å². The molecule has 0 aromatic rings. The Kier molecular flexibility index (Phi) is 4.50. The molecule has 2 N–H and O–H groups in total. The molecule has 0 saturated heterocycles. The van der Waals surface area contributed by atoms with E-state index in [1.165, 1.54) is 32.1 Å². The van der Waals surface area contributed by atoms with Gasteiger partial charge in [0.05, 0.1) is 0 Å². The summed E-state index contributed by atoms with van der Waals surface area (Å²) in [7, 11) is 1.87. The van der Waals surface area contributed by atoms with Crippen molar-refractivity contribution in [3.63, 3.8) is 0 Å². The van der Waals surface area contributed by atoms with E-state index in [1.54, 1.807) is 0 Å². The number of hydrogen-bond acceptors (Lipinski definition) is 1. The van der Waals surface area contributed by atoms with E-state index < -0.39 is 0 Å². The Bertz CT molecular complexity index is 162. The van der Waals surface area contributed by atoms with E-state index in [9.17, 15) is 0 Å². The summed E-state index contributed by atoms with van der Waals surface area (Å²) >= 11 is 5.07. The standard InChI is InChI=1S/C10H20N2S/c1-3-8-4-6-9(7-5-8)12-10(13)11-2/h8-9H,3-7H2,1-2H3,(H2,11,12,13). The minimum absolute atomic E-state index is 0.614. The quantitative estimate of drug-likeness (QED) is 0.667. The second-order valence-corrected chi connectivity index (χ2v) is 4.26. The molecule has 0 aliphatic heterocycles. The molecule has 0 amide bonds.